The lowest BCUT2D eigenvalue weighted by atomic mass is 10.1. The van der Waals surface area contributed by atoms with Crippen LogP contribution in [0.4, 0.5) is 5.69 Å². The second-order valence-electron chi connectivity index (χ2n) is 4.51. The number of anilines is 1. The second kappa shape index (κ2) is 7.43. The van der Waals surface area contributed by atoms with Gasteiger partial charge in [0.1, 0.15) is 5.75 Å². The molecule has 0 aromatic heterocycles. The highest BCUT2D eigenvalue weighted by Gasteiger charge is 2.07. The Labute approximate surface area is 125 Å². The summed E-state index contributed by atoms with van der Waals surface area (Å²) in [5, 5.41) is 13.4. The summed E-state index contributed by atoms with van der Waals surface area (Å²) in [5.74, 6) is 1.53. The number of nitrogens with one attached hydrogen (secondary N) is 1. The summed E-state index contributed by atoms with van der Waals surface area (Å²) < 4.78 is 10.8. The van der Waals surface area contributed by atoms with E-state index < -0.39 is 0 Å². The molecule has 0 spiro atoms. The van der Waals surface area contributed by atoms with Crippen LogP contribution in [0.5, 0.6) is 17.2 Å². The number of ether oxygens (including phenoxy) is 2. The Morgan fingerprint density at radius 3 is 2.52 bits per heavy atom. The van der Waals surface area contributed by atoms with Crippen molar-refractivity contribution >= 4 is 5.69 Å². The van der Waals surface area contributed by atoms with Gasteiger partial charge in [-0.25, -0.2) is 0 Å². The standard InChI is InChI=1S/C17H21NO3/c1-3-20-15-9-6-8-14(11-15)18-12-13-7-5-10-16(17(13)19)21-4-2/h5-11,18-19H,3-4,12H2,1-2H3. The van der Waals surface area contributed by atoms with E-state index in [2.05, 4.69) is 5.32 Å². The van der Waals surface area contributed by atoms with Crippen molar-refractivity contribution in [2.75, 3.05) is 18.5 Å². The smallest absolute Gasteiger partial charge is 0.162 e. The Bertz CT molecular complexity index is 584. The molecule has 0 bridgehead atoms. The third-order valence-electron chi connectivity index (χ3n) is 3.01. The second-order valence-corrected chi connectivity index (χ2v) is 4.51. The molecule has 4 nitrogen and oxygen atoms in total. The summed E-state index contributed by atoms with van der Waals surface area (Å²) in [6.45, 7) is 5.53. The molecule has 0 aliphatic carbocycles. The molecule has 2 aromatic carbocycles. The minimum absolute atomic E-state index is 0.188. The zero-order valence-electron chi connectivity index (χ0n) is 12.4. The lowest BCUT2D eigenvalue weighted by molar-refractivity contribution is 0.317. The number of hydrogen-bond donors (Lipinski definition) is 2. The van der Waals surface area contributed by atoms with Crippen LogP contribution in [0.1, 0.15) is 19.4 Å². The molecule has 0 saturated carbocycles. The molecule has 2 rings (SSSR count). The average Bonchev–Trinajstić information content (AvgIpc) is 2.49. The lowest BCUT2D eigenvalue weighted by Crippen LogP contribution is -2.01. The van der Waals surface area contributed by atoms with Gasteiger partial charge in [-0.15, -0.1) is 0 Å². The maximum Gasteiger partial charge on any atom is 0.162 e. The first-order valence-corrected chi connectivity index (χ1v) is 7.15. The van der Waals surface area contributed by atoms with E-state index in [4.69, 9.17) is 9.47 Å². The van der Waals surface area contributed by atoms with Crippen molar-refractivity contribution < 1.29 is 14.6 Å². The predicted molar refractivity (Wildman–Crippen MR) is 84.2 cm³/mol. The van der Waals surface area contributed by atoms with E-state index in [-0.39, 0.29) is 5.75 Å². The SMILES string of the molecule is CCOc1cccc(NCc2cccc(OCC)c2O)c1. The Hall–Kier alpha value is -2.36. The number of phenolic OH excluding ortho intramolecular Hbond substituents is 1. The van der Waals surface area contributed by atoms with Crippen LogP contribution in [0, 0.1) is 0 Å². The van der Waals surface area contributed by atoms with Gasteiger partial charge in [0.15, 0.2) is 11.5 Å². The van der Waals surface area contributed by atoms with Gasteiger partial charge in [-0.3, -0.25) is 0 Å². The van der Waals surface area contributed by atoms with E-state index in [0.29, 0.717) is 25.5 Å². The van der Waals surface area contributed by atoms with Gasteiger partial charge in [-0.05, 0) is 32.0 Å². The first-order chi connectivity index (χ1) is 10.2. The van der Waals surface area contributed by atoms with Crippen molar-refractivity contribution in [3.05, 3.63) is 48.0 Å². The monoisotopic (exact) mass is 287 g/mol. The normalized spacial score (nSPS) is 10.2. The molecular formula is C17H21NO3. The third kappa shape index (κ3) is 4.05. The van der Waals surface area contributed by atoms with Crippen molar-refractivity contribution in [1.29, 1.82) is 0 Å². The molecule has 2 N–H and O–H groups in total. The average molecular weight is 287 g/mol. The number of aromatic hydroxyl groups is 1. The van der Waals surface area contributed by atoms with Crippen LogP contribution in [0.25, 0.3) is 0 Å². The summed E-state index contributed by atoms with van der Waals surface area (Å²) in [5.41, 5.74) is 1.74. The topological polar surface area (TPSA) is 50.7 Å². The van der Waals surface area contributed by atoms with E-state index in [9.17, 15) is 5.11 Å². The number of phenols is 1. The molecule has 0 heterocycles. The van der Waals surface area contributed by atoms with E-state index in [1.54, 1.807) is 6.07 Å². The fourth-order valence-electron chi connectivity index (χ4n) is 2.04. The third-order valence-corrected chi connectivity index (χ3v) is 3.01. The van der Waals surface area contributed by atoms with Gasteiger partial charge in [-0.2, -0.15) is 0 Å². The molecule has 0 unspecified atom stereocenters. The molecule has 0 saturated heterocycles. The van der Waals surface area contributed by atoms with Crippen molar-refractivity contribution in [2.45, 2.75) is 20.4 Å². The van der Waals surface area contributed by atoms with Gasteiger partial charge in [0.05, 0.1) is 13.2 Å². The molecule has 0 radical (unpaired) electrons. The maximum absolute atomic E-state index is 10.1. The molecule has 0 atom stereocenters. The van der Waals surface area contributed by atoms with Gasteiger partial charge in [0, 0.05) is 23.9 Å². The van der Waals surface area contributed by atoms with Crippen LogP contribution < -0.4 is 14.8 Å². The lowest BCUT2D eigenvalue weighted by Gasteiger charge is -2.12. The summed E-state index contributed by atoms with van der Waals surface area (Å²) >= 11 is 0. The highest BCUT2D eigenvalue weighted by Crippen LogP contribution is 2.30. The quantitative estimate of drug-likeness (QED) is 0.813. The van der Waals surface area contributed by atoms with Crippen LogP contribution in [0.15, 0.2) is 42.5 Å². The van der Waals surface area contributed by atoms with Gasteiger partial charge in [0.2, 0.25) is 0 Å². The molecule has 0 aliphatic rings. The van der Waals surface area contributed by atoms with Crippen LogP contribution in [-0.4, -0.2) is 18.3 Å². The first-order valence-electron chi connectivity index (χ1n) is 7.15. The van der Waals surface area contributed by atoms with Crippen molar-refractivity contribution in [3.8, 4) is 17.2 Å². The van der Waals surface area contributed by atoms with Crippen molar-refractivity contribution in [3.63, 3.8) is 0 Å². The van der Waals surface area contributed by atoms with Crippen LogP contribution in [0.3, 0.4) is 0 Å². The summed E-state index contributed by atoms with van der Waals surface area (Å²) in [7, 11) is 0. The minimum Gasteiger partial charge on any atom is -0.504 e. The molecule has 0 amide bonds. The Morgan fingerprint density at radius 2 is 1.76 bits per heavy atom. The van der Waals surface area contributed by atoms with E-state index in [1.165, 1.54) is 0 Å². The first kappa shape index (κ1) is 15.0. The highest BCUT2D eigenvalue weighted by molar-refractivity contribution is 5.51. The van der Waals surface area contributed by atoms with Gasteiger partial charge >= 0.3 is 0 Å². The molecule has 2 aromatic rings. The molecular weight excluding hydrogens is 266 g/mol. The highest BCUT2D eigenvalue weighted by atomic mass is 16.5. The van der Waals surface area contributed by atoms with Crippen molar-refractivity contribution in [1.82, 2.24) is 0 Å². The maximum atomic E-state index is 10.1. The largest absolute Gasteiger partial charge is 0.504 e. The zero-order chi connectivity index (χ0) is 15.1. The Balaban J connectivity index is 2.06. The molecule has 0 fully saturated rings. The van der Waals surface area contributed by atoms with E-state index in [1.807, 2.05) is 50.2 Å². The molecule has 112 valence electrons. The number of rotatable bonds is 7. The number of benzene rings is 2. The predicted octanol–water partition coefficient (Wildman–Crippen LogP) is 3.80. The van der Waals surface area contributed by atoms with Gasteiger partial charge in [0.25, 0.3) is 0 Å². The summed E-state index contributed by atoms with van der Waals surface area (Å²) in [6, 6.07) is 13.3. The zero-order valence-corrected chi connectivity index (χ0v) is 12.4. The minimum atomic E-state index is 0.188. The number of para-hydroxylation sites is 1. The van der Waals surface area contributed by atoms with Crippen LogP contribution in [-0.2, 0) is 6.54 Å². The van der Waals surface area contributed by atoms with Gasteiger partial charge < -0.3 is 19.9 Å². The molecule has 0 aliphatic heterocycles. The van der Waals surface area contributed by atoms with Gasteiger partial charge in [-0.1, -0.05) is 18.2 Å². The molecule has 4 heteroatoms. The summed E-state index contributed by atoms with van der Waals surface area (Å²) in [6.07, 6.45) is 0. The Kier molecular flexibility index (Phi) is 5.32. The summed E-state index contributed by atoms with van der Waals surface area (Å²) in [4.78, 5) is 0. The van der Waals surface area contributed by atoms with Crippen LogP contribution >= 0.6 is 0 Å². The molecule has 21 heavy (non-hydrogen) atoms. The Morgan fingerprint density at radius 1 is 1.00 bits per heavy atom. The number of hydrogen-bond acceptors (Lipinski definition) is 4. The van der Waals surface area contributed by atoms with Crippen LogP contribution in [0.2, 0.25) is 0 Å². The van der Waals surface area contributed by atoms with Crippen molar-refractivity contribution in [2.24, 2.45) is 0 Å². The van der Waals surface area contributed by atoms with E-state index in [0.717, 1.165) is 17.0 Å². The fraction of sp³-hybridized carbons (Fsp3) is 0.294. The van der Waals surface area contributed by atoms with E-state index >= 15 is 0 Å². The fourth-order valence-corrected chi connectivity index (χ4v) is 2.04.